The molecule has 1 atom stereocenters. The summed E-state index contributed by atoms with van der Waals surface area (Å²) < 4.78 is 5.85. The third kappa shape index (κ3) is 4.07. The molecular weight excluding hydrogens is 352 g/mol. The number of carbonyl (C=O) groups is 1. The molecule has 0 aliphatic carbocycles. The molecule has 6 nitrogen and oxygen atoms in total. The van der Waals surface area contributed by atoms with Gasteiger partial charge in [0.05, 0.1) is 0 Å². The lowest BCUT2D eigenvalue weighted by Crippen LogP contribution is -2.54. The molecule has 1 saturated heterocycles. The quantitative estimate of drug-likeness (QED) is 0.817. The minimum atomic E-state index is 0.148. The molecule has 1 aliphatic heterocycles. The van der Waals surface area contributed by atoms with Crippen LogP contribution in [0.15, 0.2) is 30.6 Å². The van der Waals surface area contributed by atoms with Crippen molar-refractivity contribution >= 4 is 23.3 Å². The second kappa shape index (κ2) is 7.91. The van der Waals surface area contributed by atoms with Crippen molar-refractivity contribution < 1.29 is 9.53 Å². The van der Waals surface area contributed by atoms with E-state index in [1.807, 2.05) is 36.9 Å². The van der Waals surface area contributed by atoms with E-state index in [0.29, 0.717) is 29.6 Å². The summed E-state index contributed by atoms with van der Waals surface area (Å²) in [6.45, 7) is 8.07. The maximum absolute atomic E-state index is 12.0. The van der Waals surface area contributed by atoms with Crippen molar-refractivity contribution in [3.63, 3.8) is 0 Å². The first kappa shape index (κ1) is 18.5. The molecule has 7 heteroatoms. The molecule has 1 aliphatic rings. The fourth-order valence-corrected chi connectivity index (χ4v) is 3.22. The third-order valence-corrected chi connectivity index (χ3v) is 4.98. The van der Waals surface area contributed by atoms with Gasteiger partial charge in [-0.05, 0) is 37.6 Å². The molecule has 1 amide bonds. The van der Waals surface area contributed by atoms with Crippen LogP contribution >= 0.6 is 11.6 Å². The van der Waals surface area contributed by atoms with Crippen LogP contribution < -0.4 is 9.64 Å². The molecular formula is C19H23ClN4O2. The molecule has 0 spiro atoms. The van der Waals surface area contributed by atoms with E-state index in [0.717, 1.165) is 24.5 Å². The van der Waals surface area contributed by atoms with Crippen LogP contribution in [0.3, 0.4) is 0 Å². The number of hydrogen-bond acceptors (Lipinski definition) is 5. The number of hydrogen-bond donors (Lipinski definition) is 0. The molecule has 1 aromatic carbocycles. The summed E-state index contributed by atoms with van der Waals surface area (Å²) in [5.74, 6) is 2.16. The highest BCUT2D eigenvalue weighted by Gasteiger charge is 2.27. The van der Waals surface area contributed by atoms with Gasteiger partial charge in [-0.2, -0.15) is 0 Å². The van der Waals surface area contributed by atoms with Crippen LogP contribution in [-0.2, 0) is 4.79 Å². The summed E-state index contributed by atoms with van der Waals surface area (Å²) in [6.07, 6.45) is 2.04. The van der Waals surface area contributed by atoms with Crippen LogP contribution in [0, 0.1) is 6.92 Å². The minimum Gasteiger partial charge on any atom is -0.439 e. The molecule has 0 saturated carbocycles. The highest BCUT2D eigenvalue weighted by molar-refractivity contribution is 6.31. The Morgan fingerprint density at radius 2 is 2.12 bits per heavy atom. The number of amides is 1. The standard InChI is InChI=1S/C19H23ClN4O2/c1-4-19(25)24-8-7-23(11-14(24)3)17-10-18(22-12-21-17)26-15-5-6-16(20)13(2)9-15/h5-6,9-10,12,14H,4,7-8,11H2,1-3H3/t14-/m0/s1. The van der Waals surface area contributed by atoms with Gasteiger partial charge in [-0.3, -0.25) is 4.79 Å². The Morgan fingerprint density at radius 3 is 2.81 bits per heavy atom. The molecule has 138 valence electrons. The first-order chi connectivity index (χ1) is 12.5. The number of nitrogens with zero attached hydrogens (tertiary/aromatic N) is 4. The van der Waals surface area contributed by atoms with Crippen molar-refractivity contribution in [1.82, 2.24) is 14.9 Å². The van der Waals surface area contributed by atoms with Crippen molar-refractivity contribution in [3.8, 4) is 11.6 Å². The smallest absolute Gasteiger partial charge is 0.224 e. The molecule has 0 bridgehead atoms. The van der Waals surface area contributed by atoms with Crippen LogP contribution in [0.4, 0.5) is 5.82 Å². The van der Waals surface area contributed by atoms with E-state index in [4.69, 9.17) is 16.3 Å². The van der Waals surface area contributed by atoms with Crippen molar-refractivity contribution in [2.75, 3.05) is 24.5 Å². The fourth-order valence-electron chi connectivity index (χ4n) is 3.10. The number of rotatable bonds is 4. The molecule has 2 heterocycles. The number of piperazine rings is 1. The van der Waals surface area contributed by atoms with Gasteiger partial charge in [0.25, 0.3) is 0 Å². The van der Waals surface area contributed by atoms with Gasteiger partial charge in [0.2, 0.25) is 11.8 Å². The second-order valence-electron chi connectivity index (χ2n) is 6.46. The van der Waals surface area contributed by atoms with Gasteiger partial charge in [0.1, 0.15) is 17.9 Å². The second-order valence-corrected chi connectivity index (χ2v) is 6.87. The first-order valence-electron chi connectivity index (χ1n) is 8.78. The van der Waals surface area contributed by atoms with E-state index in [9.17, 15) is 4.79 Å². The summed E-state index contributed by atoms with van der Waals surface area (Å²) in [7, 11) is 0. The molecule has 26 heavy (non-hydrogen) atoms. The molecule has 0 N–H and O–H groups in total. The summed E-state index contributed by atoms with van der Waals surface area (Å²) >= 11 is 6.05. The fraction of sp³-hybridized carbons (Fsp3) is 0.421. The highest BCUT2D eigenvalue weighted by Crippen LogP contribution is 2.27. The van der Waals surface area contributed by atoms with Crippen molar-refractivity contribution in [2.24, 2.45) is 0 Å². The molecule has 3 rings (SSSR count). The largest absolute Gasteiger partial charge is 0.439 e. The van der Waals surface area contributed by atoms with E-state index >= 15 is 0 Å². The minimum absolute atomic E-state index is 0.148. The Labute approximate surface area is 158 Å². The SMILES string of the molecule is CCC(=O)N1CCN(c2cc(Oc3ccc(Cl)c(C)c3)ncn2)C[C@@H]1C. The predicted octanol–water partition coefficient (Wildman–Crippen LogP) is 3.68. The van der Waals surface area contributed by atoms with E-state index in [1.54, 1.807) is 6.07 Å². The Kier molecular flexibility index (Phi) is 5.61. The van der Waals surface area contributed by atoms with E-state index < -0.39 is 0 Å². The monoisotopic (exact) mass is 374 g/mol. The van der Waals surface area contributed by atoms with Gasteiger partial charge in [-0.15, -0.1) is 0 Å². The molecule has 0 radical (unpaired) electrons. The number of halogens is 1. The van der Waals surface area contributed by atoms with Gasteiger partial charge in [0, 0.05) is 43.2 Å². The Morgan fingerprint density at radius 1 is 1.31 bits per heavy atom. The average Bonchev–Trinajstić information content (AvgIpc) is 2.64. The number of benzene rings is 1. The van der Waals surface area contributed by atoms with Gasteiger partial charge in [-0.25, -0.2) is 9.97 Å². The predicted molar refractivity (Wildman–Crippen MR) is 102 cm³/mol. The normalized spacial score (nSPS) is 17.3. The number of aromatic nitrogens is 2. The Bertz CT molecular complexity index is 799. The number of carbonyl (C=O) groups excluding carboxylic acids is 1. The van der Waals surface area contributed by atoms with E-state index in [1.165, 1.54) is 6.33 Å². The lowest BCUT2D eigenvalue weighted by atomic mass is 10.1. The maximum Gasteiger partial charge on any atom is 0.224 e. The Hall–Kier alpha value is -2.34. The number of ether oxygens (including phenoxy) is 1. The summed E-state index contributed by atoms with van der Waals surface area (Å²) in [5.41, 5.74) is 0.948. The summed E-state index contributed by atoms with van der Waals surface area (Å²) in [4.78, 5) is 24.6. The lowest BCUT2D eigenvalue weighted by Gasteiger charge is -2.40. The lowest BCUT2D eigenvalue weighted by molar-refractivity contribution is -0.133. The van der Waals surface area contributed by atoms with Crippen LogP contribution in [0.25, 0.3) is 0 Å². The number of aryl methyl sites for hydroxylation is 1. The zero-order chi connectivity index (χ0) is 18.7. The highest BCUT2D eigenvalue weighted by atomic mass is 35.5. The van der Waals surface area contributed by atoms with E-state index in [-0.39, 0.29) is 11.9 Å². The van der Waals surface area contributed by atoms with E-state index in [2.05, 4.69) is 21.8 Å². The van der Waals surface area contributed by atoms with Gasteiger partial charge < -0.3 is 14.5 Å². The molecule has 2 aromatic rings. The topological polar surface area (TPSA) is 58.6 Å². The van der Waals surface area contributed by atoms with Crippen molar-refractivity contribution in [1.29, 1.82) is 0 Å². The van der Waals surface area contributed by atoms with Crippen LogP contribution in [0.5, 0.6) is 11.6 Å². The van der Waals surface area contributed by atoms with Gasteiger partial charge in [0.15, 0.2) is 0 Å². The maximum atomic E-state index is 12.0. The van der Waals surface area contributed by atoms with Gasteiger partial charge in [-0.1, -0.05) is 18.5 Å². The average molecular weight is 375 g/mol. The summed E-state index contributed by atoms with van der Waals surface area (Å²) in [5, 5.41) is 0.703. The van der Waals surface area contributed by atoms with Gasteiger partial charge >= 0.3 is 0 Å². The van der Waals surface area contributed by atoms with Crippen LogP contribution in [0.2, 0.25) is 5.02 Å². The molecule has 1 fully saturated rings. The Balaban J connectivity index is 1.71. The van der Waals surface area contributed by atoms with Crippen LogP contribution in [0.1, 0.15) is 25.8 Å². The molecule has 0 unspecified atom stereocenters. The molecule has 1 aromatic heterocycles. The van der Waals surface area contributed by atoms with Crippen LogP contribution in [-0.4, -0.2) is 46.5 Å². The van der Waals surface area contributed by atoms with Crippen molar-refractivity contribution in [3.05, 3.63) is 41.2 Å². The van der Waals surface area contributed by atoms with Crippen molar-refractivity contribution in [2.45, 2.75) is 33.2 Å². The zero-order valence-corrected chi connectivity index (χ0v) is 16.0. The first-order valence-corrected chi connectivity index (χ1v) is 9.16. The third-order valence-electron chi connectivity index (χ3n) is 4.55. The summed E-state index contributed by atoms with van der Waals surface area (Å²) in [6, 6.07) is 7.47. The number of anilines is 1. The zero-order valence-electron chi connectivity index (χ0n) is 15.3.